The van der Waals surface area contributed by atoms with Crippen molar-refractivity contribution < 1.29 is 4.74 Å². The highest BCUT2D eigenvalue weighted by molar-refractivity contribution is 5.35. The zero-order valence-electron chi connectivity index (χ0n) is 12.5. The molecule has 0 radical (unpaired) electrons. The van der Waals surface area contributed by atoms with Crippen molar-refractivity contribution in [3.63, 3.8) is 0 Å². The SMILES string of the molecule is CC(c1ccccc1)c1ccc(OCCN(C)C)cc1. The van der Waals surface area contributed by atoms with E-state index in [2.05, 4.69) is 66.4 Å². The molecular formula is C18H23NO. The lowest BCUT2D eigenvalue weighted by atomic mass is 9.93. The average Bonchev–Trinajstić information content (AvgIpc) is 2.48. The topological polar surface area (TPSA) is 12.5 Å². The molecule has 0 heterocycles. The van der Waals surface area contributed by atoms with Gasteiger partial charge >= 0.3 is 0 Å². The molecule has 0 spiro atoms. The third-order valence-corrected chi connectivity index (χ3v) is 3.49. The third-order valence-electron chi connectivity index (χ3n) is 3.49. The number of rotatable bonds is 6. The Labute approximate surface area is 122 Å². The van der Waals surface area contributed by atoms with Crippen LogP contribution in [0.1, 0.15) is 24.0 Å². The van der Waals surface area contributed by atoms with Gasteiger partial charge in [-0.2, -0.15) is 0 Å². The van der Waals surface area contributed by atoms with E-state index in [1.165, 1.54) is 11.1 Å². The van der Waals surface area contributed by atoms with Crippen LogP contribution in [0.25, 0.3) is 0 Å². The molecule has 2 rings (SSSR count). The van der Waals surface area contributed by atoms with Crippen molar-refractivity contribution in [3.8, 4) is 5.75 Å². The minimum atomic E-state index is 0.409. The molecule has 0 aliphatic carbocycles. The van der Waals surface area contributed by atoms with Crippen LogP contribution < -0.4 is 4.74 Å². The molecule has 0 N–H and O–H groups in total. The fourth-order valence-electron chi connectivity index (χ4n) is 2.13. The molecule has 0 aliphatic heterocycles. The summed E-state index contributed by atoms with van der Waals surface area (Å²) in [5.74, 6) is 1.35. The van der Waals surface area contributed by atoms with Gasteiger partial charge in [0.15, 0.2) is 0 Å². The second kappa shape index (κ2) is 7.11. The van der Waals surface area contributed by atoms with Gasteiger partial charge in [0, 0.05) is 12.5 Å². The minimum Gasteiger partial charge on any atom is -0.492 e. The largest absolute Gasteiger partial charge is 0.492 e. The lowest BCUT2D eigenvalue weighted by molar-refractivity contribution is 0.261. The molecule has 0 amide bonds. The normalized spacial score (nSPS) is 12.4. The molecule has 0 aliphatic rings. The van der Waals surface area contributed by atoms with Crippen LogP contribution in [-0.2, 0) is 0 Å². The molecule has 1 atom stereocenters. The van der Waals surface area contributed by atoms with Crippen LogP contribution in [0.5, 0.6) is 5.75 Å². The number of hydrogen-bond donors (Lipinski definition) is 0. The van der Waals surface area contributed by atoms with Crippen molar-refractivity contribution in [3.05, 3.63) is 65.7 Å². The monoisotopic (exact) mass is 269 g/mol. The first-order valence-corrected chi connectivity index (χ1v) is 7.09. The van der Waals surface area contributed by atoms with E-state index >= 15 is 0 Å². The highest BCUT2D eigenvalue weighted by atomic mass is 16.5. The lowest BCUT2D eigenvalue weighted by Gasteiger charge is -2.14. The smallest absolute Gasteiger partial charge is 0.119 e. The van der Waals surface area contributed by atoms with E-state index in [4.69, 9.17) is 4.74 Å². The first-order chi connectivity index (χ1) is 9.66. The summed E-state index contributed by atoms with van der Waals surface area (Å²) in [6.45, 7) is 3.89. The Balaban J connectivity index is 1.97. The van der Waals surface area contributed by atoms with Gasteiger partial charge in [-0.05, 0) is 37.4 Å². The van der Waals surface area contributed by atoms with Crippen molar-refractivity contribution in [2.45, 2.75) is 12.8 Å². The average molecular weight is 269 g/mol. The Hall–Kier alpha value is -1.80. The van der Waals surface area contributed by atoms with Crippen LogP contribution in [0.15, 0.2) is 54.6 Å². The van der Waals surface area contributed by atoms with Crippen molar-refractivity contribution in [1.82, 2.24) is 4.90 Å². The summed E-state index contributed by atoms with van der Waals surface area (Å²) in [6.07, 6.45) is 0. The lowest BCUT2D eigenvalue weighted by Crippen LogP contribution is -2.19. The van der Waals surface area contributed by atoms with Crippen molar-refractivity contribution >= 4 is 0 Å². The Kier molecular flexibility index (Phi) is 5.19. The van der Waals surface area contributed by atoms with Crippen LogP contribution in [0.3, 0.4) is 0 Å². The summed E-state index contributed by atoms with van der Waals surface area (Å²) in [4.78, 5) is 2.12. The first-order valence-electron chi connectivity index (χ1n) is 7.09. The molecule has 0 fully saturated rings. The Bertz CT molecular complexity index is 505. The molecule has 0 bridgehead atoms. The van der Waals surface area contributed by atoms with E-state index in [-0.39, 0.29) is 0 Å². The molecule has 0 aromatic heterocycles. The standard InChI is InChI=1S/C18H23NO/c1-15(16-7-5-4-6-8-16)17-9-11-18(12-10-17)20-14-13-19(2)3/h4-12,15H,13-14H2,1-3H3. The summed E-state index contributed by atoms with van der Waals surface area (Å²) in [5.41, 5.74) is 2.66. The van der Waals surface area contributed by atoms with E-state index in [0.29, 0.717) is 5.92 Å². The second-order valence-electron chi connectivity index (χ2n) is 5.35. The summed E-state index contributed by atoms with van der Waals surface area (Å²) in [7, 11) is 4.10. The fraction of sp³-hybridized carbons (Fsp3) is 0.333. The van der Waals surface area contributed by atoms with Gasteiger partial charge in [0.1, 0.15) is 12.4 Å². The molecule has 2 nitrogen and oxygen atoms in total. The second-order valence-corrected chi connectivity index (χ2v) is 5.35. The predicted octanol–water partition coefficient (Wildman–Crippen LogP) is 3.78. The Morgan fingerprint density at radius 3 is 2.10 bits per heavy atom. The van der Waals surface area contributed by atoms with Crippen LogP contribution in [0.4, 0.5) is 0 Å². The van der Waals surface area contributed by atoms with E-state index < -0.39 is 0 Å². The van der Waals surface area contributed by atoms with Crippen molar-refractivity contribution in [2.75, 3.05) is 27.2 Å². The number of likely N-dealkylation sites (N-methyl/N-ethyl adjacent to an activating group) is 1. The third kappa shape index (κ3) is 4.10. The maximum atomic E-state index is 5.72. The summed E-state index contributed by atoms with van der Waals surface area (Å²) >= 11 is 0. The van der Waals surface area contributed by atoms with E-state index in [1.807, 2.05) is 14.1 Å². The van der Waals surface area contributed by atoms with Gasteiger partial charge in [-0.1, -0.05) is 49.4 Å². The number of hydrogen-bond acceptors (Lipinski definition) is 2. The minimum absolute atomic E-state index is 0.409. The zero-order chi connectivity index (χ0) is 14.4. The highest BCUT2D eigenvalue weighted by Gasteiger charge is 2.07. The van der Waals surface area contributed by atoms with Gasteiger partial charge in [-0.3, -0.25) is 0 Å². The Morgan fingerprint density at radius 1 is 0.900 bits per heavy atom. The van der Waals surface area contributed by atoms with Crippen LogP contribution >= 0.6 is 0 Å². The maximum Gasteiger partial charge on any atom is 0.119 e. The van der Waals surface area contributed by atoms with Crippen molar-refractivity contribution in [2.24, 2.45) is 0 Å². The predicted molar refractivity (Wildman–Crippen MR) is 84.5 cm³/mol. The zero-order valence-corrected chi connectivity index (χ0v) is 12.5. The van der Waals surface area contributed by atoms with Gasteiger partial charge in [0.05, 0.1) is 0 Å². The number of nitrogens with zero attached hydrogens (tertiary/aromatic N) is 1. The summed E-state index contributed by atoms with van der Waals surface area (Å²) in [5, 5.41) is 0. The molecule has 0 saturated heterocycles. The molecule has 2 heteroatoms. The molecule has 2 aromatic rings. The number of ether oxygens (including phenoxy) is 1. The Morgan fingerprint density at radius 2 is 1.50 bits per heavy atom. The molecule has 20 heavy (non-hydrogen) atoms. The molecule has 0 saturated carbocycles. The van der Waals surface area contributed by atoms with Crippen molar-refractivity contribution in [1.29, 1.82) is 0 Å². The van der Waals surface area contributed by atoms with E-state index in [0.717, 1.165) is 18.9 Å². The number of benzene rings is 2. The van der Waals surface area contributed by atoms with Gasteiger partial charge in [0.25, 0.3) is 0 Å². The molecule has 2 aromatic carbocycles. The highest BCUT2D eigenvalue weighted by Crippen LogP contribution is 2.25. The summed E-state index contributed by atoms with van der Waals surface area (Å²) in [6, 6.07) is 19.0. The van der Waals surface area contributed by atoms with Gasteiger partial charge in [-0.25, -0.2) is 0 Å². The molecule has 106 valence electrons. The maximum absolute atomic E-state index is 5.72. The van der Waals surface area contributed by atoms with Gasteiger partial charge in [-0.15, -0.1) is 0 Å². The quantitative estimate of drug-likeness (QED) is 0.791. The first kappa shape index (κ1) is 14.6. The van der Waals surface area contributed by atoms with Gasteiger partial charge in [0.2, 0.25) is 0 Å². The van der Waals surface area contributed by atoms with Crippen LogP contribution in [0, 0.1) is 0 Å². The van der Waals surface area contributed by atoms with Crippen LogP contribution in [0.2, 0.25) is 0 Å². The summed E-state index contributed by atoms with van der Waals surface area (Å²) < 4.78 is 5.72. The fourth-order valence-corrected chi connectivity index (χ4v) is 2.13. The molecular weight excluding hydrogens is 246 g/mol. The van der Waals surface area contributed by atoms with Gasteiger partial charge < -0.3 is 9.64 Å². The van der Waals surface area contributed by atoms with Crippen LogP contribution in [-0.4, -0.2) is 32.1 Å². The van der Waals surface area contributed by atoms with E-state index in [9.17, 15) is 0 Å². The molecule has 1 unspecified atom stereocenters. The van der Waals surface area contributed by atoms with E-state index in [1.54, 1.807) is 0 Å².